The summed E-state index contributed by atoms with van der Waals surface area (Å²) in [6.07, 6.45) is -0.574. The van der Waals surface area contributed by atoms with Crippen LogP contribution in [0.5, 0.6) is 5.75 Å². The number of nitrogens with one attached hydrogen (secondary N) is 1. The van der Waals surface area contributed by atoms with Gasteiger partial charge in [-0.25, -0.2) is 0 Å². The molecule has 0 radical (unpaired) electrons. The van der Waals surface area contributed by atoms with Crippen molar-refractivity contribution in [2.75, 3.05) is 13.2 Å². The molecule has 0 saturated heterocycles. The first-order valence-corrected chi connectivity index (χ1v) is 8.78. The van der Waals surface area contributed by atoms with E-state index in [9.17, 15) is 4.79 Å². The van der Waals surface area contributed by atoms with E-state index in [1.54, 1.807) is 6.92 Å². The second-order valence-corrected chi connectivity index (χ2v) is 6.07. The second-order valence-electron chi connectivity index (χ2n) is 6.07. The second kappa shape index (κ2) is 9.02. The van der Waals surface area contributed by atoms with Crippen LogP contribution in [-0.4, -0.2) is 25.2 Å². The van der Waals surface area contributed by atoms with Crippen molar-refractivity contribution >= 4 is 16.7 Å². The van der Waals surface area contributed by atoms with E-state index in [-0.39, 0.29) is 5.91 Å². The molecule has 3 aromatic carbocycles. The van der Waals surface area contributed by atoms with Gasteiger partial charge in [-0.15, -0.1) is 0 Å². The van der Waals surface area contributed by atoms with E-state index in [1.165, 1.54) is 0 Å². The normalized spacial score (nSPS) is 11.9. The maximum atomic E-state index is 12.2. The molecule has 26 heavy (non-hydrogen) atoms. The van der Waals surface area contributed by atoms with Gasteiger partial charge >= 0.3 is 0 Å². The SMILES string of the molecule is CC(Oc1cccc2ccccc12)C(=O)NCCOCc1ccccc1. The van der Waals surface area contributed by atoms with Gasteiger partial charge in [0.1, 0.15) is 5.75 Å². The number of hydrogen-bond acceptors (Lipinski definition) is 3. The molecule has 0 aliphatic carbocycles. The summed E-state index contributed by atoms with van der Waals surface area (Å²) in [4.78, 5) is 12.2. The third-order valence-electron chi connectivity index (χ3n) is 4.08. The van der Waals surface area contributed by atoms with Crippen molar-refractivity contribution in [1.29, 1.82) is 0 Å². The van der Waals surface area contributed by atoms with Crippen LogP contribution in [0.25, 0.3) is 10.8 Å². The number of carbonyl (C=O) groups excluding carboxylic acids is 1. The minimum absolute atomic E-state index is 0.152. The molecule has 4 heteroatoms. The van der Waals surface area contributed by atoms with Gasteiger partial charge in [-0.3, -0.25) is 4.79 Å². The Morgan fingerprint density at radius 1 is 0.962 bits per heavy atom. The summed E-state index contributed by atoms with van der Waals surface area (Å²) in [6.45, 7) is 3.21. The lowest BCUT2D eigenvalue weighted by Crippen LogP contribution is -2.38. The number of hydrogen-bond donors (Lipinski definition) is 1. The minimum atomic E-state index is -0.574. The first-order valence-electron chi connectivity index (χ1n) is 8.78. The van der Waals surface area contributed by atoms with Crippen molar-refractivity contribution in [1.82, 2.24) is 5.32 Å². The standard InChI is InChI=1S/C22H23NO3/c1-17(26-21-13-7-11-19-10-5-6-12-20(19)21)22(24)23-14-15-25-16-18-8-3-2-4-9-18/h2-13,17H,14-16H2,1H3,(H,23,24). The van der Waals surface area contributed by atoms with Gasteiger partial charge in [-0.2, -0.15) is 0 Å². The van der Waals surface area contributed by atoms with Crippen LogP contribution in [0.4, 0.5) is 0 Å². The lowest BCUT2D eigenvalue weighted by molar-refractivity contribution is -0.127. The van der Waals surface area contributed by atoms with Crippen LogP contribution in [0.2, 0.25) is 0 Å². The molecule has 1 N–H and O–H groups in total. The highest BCUT2D eigenvalue weighted by atomic mass is 16.5. The first kappa shape index (κ1) is 18.0. The highest BCUT2D eigenvalue weighted by Gasteiger charge is 2.15. The molecule has 0 aromatic heterocycles. The summed E-state index contributed by atoms with van der Waals surface area (Å²) in [5.74, 6) is 0.562. The van der Waals surface area contributed by atoms with Crippen molar-refractivity contribution in [3.05, 3.63) is 78.4 Å². The summed E-state index contributed by atoms with van der Waals surface area (Å²) < 4.78 is 11.4. The fourth-order valence-corrected chi connectivity index (χ4v) is 2.70. The summed E-state index contributed by atoms with van der Waals surface area (Å²) >= 11 is 0. The Hall–Kier alpha value is -2.85. The molecule has 1 amide bonds. The zero-order valence-corrected chi connectivity index (χ0v) is 14.9. The van der Waals surface area contributed by atoms with Gasteiger partial charge in [0.25, 0.3) is 5.91 Å². The molecule has 0 bridgehead atoms. The topological polar surface area (TPSA) is 47.6 Å². The molecule has 3 aromatic rings. The Kier molecular flexibility index (Phi) is 6.23. The van der Waals surface area contributed by atoms with Crippen LogP contribution in [-0.2, 0) is 16.1 Å². The minimum Gasteiger partial charge on any atom is -0.480 e. The van der Waals surface area contributed by atoms with Gasteiger partial charge in [0, 0.05) is 11.9 Å². The van der Waals surface area contributed by atoms with E-state index < -0.39 is 6.10 Å². The lowest BCUT2D eigenvalue weighted by Gasteiger charge is -2.16. The van der Waals surface area contributed by atoms with Crippen molar-refractivity contribution in [2.45, 2.75) is 19.6 Å². The van der Waals surface area contributed by atoms with E-state index in [0.717, 1.165) is 16.3 Å². The molecule has 1 atom stereocenters. The maximum absolute atomic E-state index is 12.2. The van der Waals surface area contributed by atoms with E-state index in [0.29, 0.717) is 25.5 Å². The molecular formula is C22H23NO3. The van der Waals surface area contributed by atoms with Crippen LogP contribution in [0.15, 0.2) is 72.8 Å². The fourth-order valence-electron chi connectivity index (χ4n) is 2.70. The predicted octanol–water partition coefficient (Wildman–Crippen LogP) is 3.94. The average molecular weight is 349 g/mol. The summed E-state index contributed by atoms with van der Waals surface area (Å²) in [5.41, 5.74) is 1.12. The van der Waals surface area contributed by atoms with Crippen molar-refractivity contribution < 1.29 is 14.3 Å². The largest absolute Gasteiger partial charge is 0.480 e. The fraction of sp³-hybridized carbons (Fsp3) is 0.227. The number of amides is 1. The highest BCUT2D eigenvalue weighted by molar-refractivity contribution is 5.89. The van der Waals surface area contributed by atoms with Gasteiger partial charge in [0.05, 0.1) is 13.2 Å². The summed E-state index contributed by atoms with van der Waals surface area (Å²) in [6, 6.07) is 23.8. The van der Waals surface area contributed by atoms with Crippen LogP contribution < -0.4 is 10.1 Å². The van der Waals surface area contributed by atoms with Crippen LogP contribution in [0.3, 0.4) is 0 Å². The predicted molar refractivity (Wildman–Crippen MR) is 103 cm³/mol. The van der Waals surface area contributed by atoms with Gasteiger partial charge < -0.3 is 14.8 Å². The summed E-state index contributed by atoms with van der Waals surface area (Å²) in [7, 11) is 0. The first-order chi connectivity index (χ1) is 12.7. The summed E-state index contributed by atoms with van der Waals surface area (Å²) in [5, 5.41) is 4.94. The Labute approximate surface area is 153 Å². The molecule has 0 aliphatic rings. The average Bonchev–Trinajstić information content (AvgIpc) is 2.68. The Balaban J connectivity index is 1.44. The van der Waals surface area contributed by atoms with Crippen LogP contribution in [0, 0.1) is 0 Å². The number of ether oxygens (including phenoxy) is 2. The van der Waals surface area contributed by atoms with E-state index in [2.05, 4.69) is 5.32 Å². The highest BCUT2D eigenvalue weighted by Crippen LogP contribution is 2.25. The quantitative estimate of drug-likeness (QED) is 0.627. The molecule has 134 valence electrons. The Morgan fingerprint density at radius 2 is 1.69 bits per heavy atom. The maximum Gasteiger partial charge on any atom is 0.260 e. The number of carbonyl (C=O) groups is 1. The van der Waals surface area contributed by atoms with Gasteiger partial charge in [-0.05, 0) is 23.9 Å². The van der Waals surface area contributed by atoms with E-state index >= 15 is 0 Å². The third-order valence-corrected chi connectivity index (χ3v) is 4.08. The molecule has 0 spiro atoms. The number of benzene rings is 3. The smallest absolute Gasteiger partial charge is 0.260 e. The van der Waals surface area contributed by atoms with Gasteiger partial charge in [0.2, 0.25) is 0 Å². The van der Waals surface area contributed by atoms with Crippen LogP contribution in [0.1, 0.15) is 12.5 Å². The third kappa shape index (κ3) is 4.83. The van der Waals surface area contributed by atoms with Crippen molar-refractivity contribution in [2.24, 2.45) is 0 Å². The van der Waals surface area contributed by atoms with Crippen LogP contribution >= 0.6 is 0 Å². The molecule has 0 saturated carbocycles. The van der Waals surface area contributed by atoms with Gasteiger partial charge in [0.15, 0.2) is 6.10 Å². The lowest BCUT2D eigenvalue weighted by atomic mass is 10.1. The zero-order chi connectivity index (χ0) is 18.2. The van der Waals surface area contributed by atoms with Crippen molar-refractivity contribution in [3.8, 4) is 5.75 Å². The Bertz CT molecular complexity index is 843. The molecule has 0 heterocycles. The zero-order valence-electron chi connectivity index (χ0n) is 14.9. The molecular weight excluding hydrogens is 326 g/mol. The monoisotopic (exact) mass is 349 g/mol. The number of rotatable bonds is 8. The molecule has 0 aliphatic heterocycles. The molecule has 0 fully saturated rings. The van der Waals surface area contributed by atoms with E-state index in [1.807, 2.05) is 72.8 Å². The van der Waals surface area contributed by atoms with E-state index in [4.69, 9.17) is 9.47 Å². The van der Waals surface area contributed by atoms with Crippen molar-refractivity contribution in [3.63, 3.8) is 0 Å². The Morgan fingerprint density at radius 3 is 2.54 bits per heavy atom. The molecule has 4 nitrogen and oxygen atoms in total. The number of fused-ring (bicyclic) bond motifs is 1. The molecule has 3 rings (SSSR count). The van der Waals surface area contributed by atoms with Gasteiger partial charge in [-0.1, -0.05) is 66.7 Å². The molecule has 1 unspecified atom stereocenters.